The Hall–Kier alpha value is -0.730. The summed E-state index contributed by atoms with van der Waals surface area (Å²) in [6.45, 7) is 6.49. The summed E-state index contributed by atoms with van der Waals surface area (Å²) in [6, 6.07) is 0.545. The van der Waals surface area contributed by atoms with Gasteiger partial charge >= 0.3 is 0 Å². The van der Waals surface area contributed by atoms with E-state index in [0.29, 0.717) is 12.2 Å². The minimum absolute atomic E-state index is 0.417. The zero-order valence-electron chi connectivity index (χ0n) is 6.83. The van der Waals surface area contributed by atoms with E-state index in [1.54, 1.807) is 0 Å². The molecule has 0 aromatic carbocycles. The summed E-state index contributed by atoms with van der Waals surface area (Å²) in [6.07, 6.45) is 3.39. The van der Waals surface area contributed by atoms with Crippen molar-refractivity contribution in [2.24, 2.45) is 5.10 Å². The molecule has 1 rings (SSSR count). The Balaban J connectivity index is 2.49. The first-order valence-electron chi connectivity index (χ1n) is 3.82. The Bertz CT molecular complexity index is 131. The maximum Gasteiger partial charge on any atom is 0.116 e. The predicted octanol–water partition coefficient (Wildman–Crippen LogP) is 0.979. The van der Waals surface area contributed by atoms with E-state index in [0.717, 1.165) is 6.42 Å². The summed E-state index contributed by atoms with van der Waals surface area (Å²) >= 11 is 0. The lowest BCUT2D eigenvalue weighted by molar-refractivity contribution is 0.253. The van der Waals surface area contributed by atoms with Crippen LogP contribution >= 0.6 is 0 Å². The molecule has 0 saturated heterocycles. The smallest absolute Gasteiger partial charge is 0.116 e. The third kappa shape index (κ3) is 1.23. The van der Waals surface area contributed by atoms with Crippen molar-refractivity contribution in [3.63, 3.8) is 0 Å². The number of hydrogen-bond acceptors (Lipinski definition) is 3. The minimum atomic E-state index is 0.417. The summed E-state index contributed by atoms with van der Waals surface area (Å²) in [5, 5.41) is 3.99. The van der Waals surface area contributed by atoms with E-state index in [1.165, 1.54) is 0 Å². The van der Waals surface area contributed by atoms with E-state index in [1.807, 2.05) is 6.34 Å². The van der Waals surface area contributed by atoms with Crippen molar-refractivity contribution in [2.75, 3.05) is 0 Å². The van der Waals surface area contributed by atoms with Crippen LogP contribution in [0.4, 0.5) is 0 Å². The molecular weight excluding hydrogens is 126 g/mol. The van der Waals surface area contributed by atoms with Crippen LogP contribution in [0.3, 0.4) is 0 Å². The molecule has 3 nitrogen and oxygen atoms in total. The molecule has 10 heavy (non-hydrogen) atoms. The van der Waals surface area contributed by atoms with Gasteiger partial charge in [0.2, 0.25) is 0 Å². The first-order valence-corrected chi connectivity index (χ1v) is 3.82. The number of nitrogens with one attached hydrogen (secondary N) is 1. The van der Waals surface area contributed by atoms with Crippen molar-refractivity contribution < 1.29 is 0 Å². The number of hydrazone groups is 1. The van der Waals surface area contributed by atoms with Gasteiger partial charge in [-0.3, -0.25) is 5.43 Å². The van der Waals surface area contributed by atoms with Crippen LogP contribution in [-0.2, 0) is 0 Å². The molecule has 1 N–H and O–H groups in total. The normalized spacial score (nSPS) is 24.0. The summed E-state index contributed by atoms with van der Waals surface area (Å²) in [7, 11) is 0. The highest BCUT2D eigenvalue weighted by atomic mass is 15.5. The zero-order chi connectivity index (χ0) is 7.56. The standard InChI is InChI=1S/C7H15N3/c1-4-7-9-8-5-10(7)6(2)3/h5-7,9H,4H2,1-3H3. The highest BCUT2D eigenvalue weighted by Gasteiger charge is 2.19. The molecule has 0 bridgehead atoms. The first kappa shape index (κ1) is 7.38. The molecule has 1 aliphatic heterocycles. The molecule has 0 saturated carbocycles. The van der Waals surface area contributed by atoms with Crippen molar-refractivity contribution in [3.8, 4) is 0 Å². The molecular formula is C7H15N3. The second-order valence-corrected chi connectivity index (χ2v) is 2.84. The van der Waals surface area contributed by atoms with Crippen LogP contribution < -0.4 is 5.43 Å². The number of hydrogen-bond donors (Lipinski definition) is 1. The average molecular weight is 141 g/mol. The van der Waals surface area contributed by atoms with Gasteiger partial charge in [0.1, 0.15) is 12.5 Å². The van der Waals surface area contributed by atoms with Gasteiger partial charge in [-0.05, 0) is 20.3 Å². The second kappa shape index (κ2) is 2.90. The fraction of sp³-hybridized carbons (Fsp3) is 0.857. The van der Waals surface area contributed by atoms with Crippen molar-refractivity contribution in [1.29, 1.82) is 0 Å². The predicted molar refractivity (Wildman–Crippen MR) is 42.7 cm³/mol. The third-order valence-corrected chi connectivity index (χ3v) is 1.76. The van der Waals surface area contributed by atoms with Crippen molar-refractivity contribution in [1.82, 2.24) is 10.3 Å². The molecule has 0 fully saturated rings. The van der Waals surface area contributed by atoms with Gasteiger partial charge in [-0.25, -0.2) is 0 Å². The maximum absolute atomic E-state index is 3.99. The highest BCUT2D eigenvalue weighted by Crippen LogP contribution is 2.07. The van der Waals surface area contributed by atoms with E-state index in [2.05, 4.69) is 36.2 Å². The van der Waals surface area contributed by atoms with Crippen LogP contribution in [0.5, 0.6) is 0 Å². The van der Waals surface area contributed by atoms with Gasteiger partial charge < -0.3 is 4.90 Å². The van der Waals surface area contributed by atoms with Gasteiger partial charge in [0.05, 0.1) is 0 Å². The average Bonchev–Trinajstić information content (AvgIpc) is 2.33. The van der Waals surface area contributed by atoms with Gasteiger partial charge in [0, 0.05) is 6.04 Å². The van der Waals surface area contributed by atoms with Crippen molar-refractivity contribution in [3.05, 3.63) is 0 Å². The molecule has 3 heteroatoms. The van der Waals surface area contributed by atoms with Crippen LogP contribution in [0.2, 0.25) is 0 Å². The van der Waals surface area contributed by atoms with Crippen LogP contribution in [0.25, 0.3) is 0 Å². The topological polar surface area (TPSA) is 27.6 Å². The lowest BCUT2D eigenvalue weighted by atomic mass is 10.3. The maximum atomic E-state index is 3.99. The molecule has 1 aliphatic rings. The van der Waals surface area contributed by atoms with Gasteiger partial charge in [-0.15, -0.1) is 0 Å². The van der Waals surface area contributed by atoms with Crippen molar-refractivity contribution in [2.45, 2.75) is 39.4 Å². The quantitative estimate of drug-likeness (QED) is 0.620. The molecule has 1 atom stereocenters. The number of rotatable bonds is 2. The van der Waals surface area contributed by atoms with Crippen LogP contribution in [0.1, 0.15) is 27.2 Å². The molecule has 58 valence electrons. The summed E-state index contributed by atoms with van der Waals surface area (Å²) in [4.78, 5) is 2.22. The fourth-order valence-electron chi connectivity index (χ4n) is 1.13. The Labute approximate surface area is 62.1 Å². The molecule has 1 unspecified atom stereocenters. The Morgan fingerprint density at radius 3 is 2.80 bits per heavy atom. The molecule has 1 heterocycles. The monoisotopic (exact) mass is 141 g/mol. The van der Waals surface area contributed by atoms with E-state index in [4.69, 9.17) is 0 Å². The van der Waals surface area contributed by atoms with Gasteiger partial charge in [-0.2, -0.15) is 5.10 Å². The fourth-order valence-corrected chi connectivity index (χ4v) is 1.13. The molecule has 0 aliphatic carbocycles. The molecule has 0 aromatic heterocycles. The SMILES string of the molecule is CCC1NN=CN1C(C)C. The minimum Gasteiger partial charge on any atom is -0.337 e. The Kier molecular flexibility index (Phi) is 2.14. The van der Waals surface area contributed by atoms with E-state index in [9.17, 15) is 0 Å². The van der Waals surface area contributed by atoms with Crippen LogP contribution in [0, 0.1) is 0 Å². The molecule has 0 spiro atoms. The largest absolute Gasteiger partial charge is 0.337 e. The molecule has 0 aromatic rings. The van der Waals surface area contributed by atoms with Crippen LogP contribution in [0.15, 0.2) is 5.10 Å². The lowest BCUT2D eigenvalue weighted by Gasteiger charge is -2.26. The van der Waals surface area contributed by atoms with Gasteiger partial charge in [0.15, 0.2) is 0 Å². The molecule has 0 amide bonds. The van der Waals surface area contributed by atoms with E-state index < -0.39 is 0 Å². The summed E-state index contributed by atoms with van der Waals surface area (Å²) < 4.78 is 0. The Morgan fingerprint density at radius 1 is 1.70 bits per heavy atom. The van der Waals surface area contributed by atoms with Crippen molar-refractivity contribution >= 4 is 6.34 Å². The van der Waals surface area contributed by atoms with E-state index >= 15 is 0 Å². The van der Waals surface area contributed by atoms with Gasteiger partial charge in [0.25, 0.3) is 0 Å². The lowest BCUT2D eigenvalue weighted by Crippen LogP contribution is -2.40. The Morgan fingerprint density at radius 2 is 2.40 bits per heavy atom. The van der Waals surface area contributed by atoms with E-state index in [-0.39, 0.29) is 0 Å². The summed E-state index contributed by atoms with van der Waals surface area (Å²) in [5.74, 6) is 0. The van der Waals surface area contributed by atoms with Crippen LogP contribution in [-0.4, -0.2) is 23.4 Å². The highest BCUT2D eigenvalue weighted by molar-refractivity contribution is 5.57. The molecule has 0 radical (unpaired) electrons. The van der Waals surface area contributed by atoms with Gasteiger partial charge in [-0.1, -0.05) is 6.92 Å². The zero-order valence-corrected chi connectivity index (χ0v) is 6.83. The number of nitrogens with zero attached hydrogens (tertiary/aromatic N) is 2. The third-order valence-electron chi connectivity index (χ3n) is 1.76. The second-order valence-electron chi connectivity index (χ2n) is 2.84. The first-order chi connectivity index (χ1) is 4.75. The summed E-state index contributed by atoms with van der Waals surface area (Å²) in [5.41, 5.74) is 3.03.